The lowest BCUT2D eigenvalue weighted by Crippen LogP contribution is -2.33. The van der Waals surface area contributed by atoms with Crippen LogP contribution in [-0.2, 0) is 11.8 Å². The Labute approximate surface area is 168 Å². The summed E-state index contributed by atoms with van der Waals surface area (Å²) in [5.74, 6) is -0.0822. The third-order valence-corrected chi connectivity index (χ3v) is 4.47. The minimum absolute atomic E-state index is 0. The summed E-state index contributed by atoms with van der Waals surface area (Å²) in [7, 11) is 3.67. The SMILES string of the molecule is CCCc1c(C(=O)N(C)CCNC)nnn1-c1ccc(C(C)(C)C)cc1.Cl. The maximum atomic E-state index is 12.8. The maximum absolute atomic E-state index is 12.8. The predicted molar refractivity (Wildman–Crippen MR) is 112 cm³/mol. The van der Waals surface area contributed by atoms with Crippen molar-refractivity contribution in [3.63, 3.8) is 0 Å². The molecule has 2 aromatic rings. The number of amides is 1. The second-order valence-corrected chi connectivity index (χ2v) is 7.67. The van der Waals surface area contributed by atoms with Crippen molar-refractivity contribution in [2.75, 3.05) is 27.2 Å². The molecule has 150 valence electrons. The summed E-state index contributed by atoms with van der Waals surface area (Å²) in [4.78, 5) is 14.4. The molecule has 0 unspecified atom stereocenters. The zero-order valence-electron chi connectivity index (χ0n) is 17.2. The minimum Gasteiger partial charge on any atom is -0.339 e. The van der Waals surface area contributed by atoms with Gasteiger partial charge in [-0.3, -0.25) is 4.79 Å². The normalized spacial score (nSPS) is 11.2. The Morgan fingerprint density at radius 1 is 1.22 bits per heavy atom. The van der Waals surface area contributed by atoms with Crippen LogP contribution in [0.25, 0.3) is 5.69 Å². The molecule has 0 aliphatic carbocycles. The summed E-state index contributed by atoms with van der Waals surface area (Å²) in [6.07, 6.45) is 1.68. The first kappa shape index (κ1) is 23.1. The van der Waals surface area contributed by atoms with Crippen molar-refractivity contribution in [3.8, 4) is 5.69 Å². The average Bonchev–Trinajstić information content (AvgIpc) is 3.02. The number of rotatable bonds is 7. The Morgan fingerprint density at radius 2 is 1.85 bits per heavy atom. The van der Waals surface area contributed by atoms with E-state index in [-0.39, 0.29) is 23.7 Å². The van der Waals surface area contributed by atoms with Crippen LogP contribution in [-0.4, -0.2) is 53.0 Å². The topological polar surface area (TPSA) is 63.1 Å². The number of hydrogen-bond donors (Lipinski definition) is 1. The third-order valence-electron chi connectivity index (χ3n) is 4.47. The summed E-state index contributed by atoms with van der Waals surface area (Å²) in [6, 6.07) is 8.33. The van der Waals surface area contributed by atoms with Gasteiger partial charge in [0.2, 0.25) is 0 Å². The highest BCUT2D eigenvalue weighted by molar-refractivity contribution is 5.93. The predicted octanol–water partition coefficient (Wildman–Crippen LogP) is 3.23. The smallest absolute Gasteiger partial charge is 0.276 e. The Hall–Kier alpha value is -1.92. The fraction of sp³-hybridized carbons (Fsp3) is 0.550. The van der Waals surface area contributed by atoms with Crippen LogP contribution < -0.4 is 5.32 Å². The van der Waals surface area contributed by atoms with Gasteiger partial charge in [0.05, 0.1) is 11.4 Å². The standard InChI is InChI=1S/C20H31N5O.ClH/c1-7-8-17-18(19(26)24(6)14-13-21-5)22-23-25(17)16-11-9-15(10-12-16)20(2,3)4;/h9-12,21H,7-8,13-14H2,1-6H3;1H. The molecule has 7 heteroatoms. The van der Waals surface area contributed by atoms with E-state index in [4.69, 9.17) is 0 Å². The van der Waals surface area contributed by atoms with E-state index >= 15 is 0 Å². The highest BCUT2D eigenvalue weighted by atomic mass is 35.5. The Kier molecular flexibility index (Phi) is 8.44. The van der Waals surface area contributed by atoms with Crippen LogP contribution in [0.3, 0.4) is 0 Å². The van der Waals surface area contributed by atoms with Crippen LogP contribution in [0, 0.1) is 0 Å². The fourth-order valence-electron chi connectivity index (χ4n) is 2.80. The van der Waals surface area contributed by atoms with Crippen molar-refractivity contribution >= 4 is 18.3 Å². The van der Waals surface area contributed by atoms with Crippen molar-refractivity contribution in [1.82, 2.24) is 25.2 Å². The minimum atomic E-state index is -0.0822. The lowest BCUT2D eigenvalue weighted by Gasteiger charge is -2.19. The van der Waals surface area contributed by atoms with Crippen LogP contribution in [0.4, 0.5) is 0 Å². The fourth-order valence-corrected chi connectivity index (χ4v) is 2.80. The van der Waals surface area contributed by atoms with E-state index in [1.807, 2.05) is 19.2 Å². The molecule has 0 saturated heterocycles. The van der Waals surface area contributed by atoms with Gasteiger partial charge in [0, 0.05) is 20.1 Å². The molecule has 0 bridgehead atoms. The van der Waals surface area contributed by atoms with E-state index in [0.717, 1.165) is 30.8 Å². The number of likely N-dealkylation sites (N-methyl/N-ethyl adjacent to an activating group) is 2. The molecule has 1 N–H and O–H groups in total. The van der Waals surface area contributed by atoms with E-state index in [1.165, 1.54) is 5.56 Å². The molecule has 1 amide bonds. The van der Waals surface area contributed by atoms with Gasteiger partial charge in [-0.1, -0.05) is 51.5 Å². The van der Waals surface area contributed by atoms with E-state index in [1.54, 1.807) is 16.6 Å². The molecule has 0 radical (unpaired) electrons. The van der Waals surface area contributed by atoms with Gasteiger partial charge in [0.25, 0.3) is 5.91 Å². The number of nitrogens with one attached hydrogen (secondary N) is 1. The number of carbonyl (C=O) groups is 1. The van der Waals surface area contributed by atoms with Gasteiger partial charge in [-0.2, -0.15) is 0 Å². The lowest BCUT2D eigenvalue weighted by molar-refractivity contribution is 0.0790. The molecule has 2 rings (SSSR count). The van der Waals surface area contributed by atoms with E-state index in [0.29, 0.717) is 12.2 Å². The van der Waals surface area contributed by atoms with Crippen LogP contribution in [0.1, 0.15) is 55.9 Å². The van der Waals surface area contributed by atoms with Gasteiger partial charge >= 0.3 is 0 Å². The Balaban J connectivity index is 0.00000364. The molecule has 0 fully saturated rings. The molecule has 0 spiro atoms. The van der Waals surface area contributed by atoms with Crippen LogP contribution in [0.15, 0.2) is 24.3 Å². The monoisotopic (exact) mass is 393 g/mol. The van der Waals surface area contributed by atoms with Gasteiger partial charge in [0.15, 0.2) is 5.69 Å². The molecule has 0 atom stereocenters. The highest BCUT2D eigenvalue weighted by Crippen LogP contribution is 2.24. The molecule has 0 aliphatic rings. The summed E-state index contributed by atoms with van der Waals surface area (Å²) in [6.45, 7) is 10.0. The number of halogens is 1. The second-order valence-electron chi connectivity index (χ2n) is 7.67. The molecule has 0 saturated carbocycles. The first-order valence-corrected chi connectivity index (χ1v) is 9.25. The Bertz CT molecular complexity index is 734. The van der Waals surface area contributed by atoms with Gasteiger partial charge in [-0.25, -0.2) is 4.68 Å². The van der Waals surface area contributed by atoms with Crippen molar-refractivity contribution in [2.45, 2.75) is 46.0 Å². The summed E-state index contributed by atoms with van der Waals surface area (Å²) >= 11 is 0. The number of carbonyl (C=O) groups excluding carboxylic acids is 1. The molecule has 1 aromatic heterocycles. The number of nitrogens with zero attached hydrogens (tertiary/aromatic N) is 4. The largest absolute Gasteiger partial charge is 0.339 e. The van der Waals surface area contributed by atoms with E-state index in [9.17, 15) is 4.79 Å². The molecule has 27 heavy (non-hydrogen) atoms. The molecule has 0 aliphatic heterocycles. The van der Waals surface area contributed by atoms with Gasteiger partial charge in [-0.05, 0) is 36.6 Å². The van der Waals surface area contributed by atoms with Gasteiger partial charge in [0.1, 0.15) is 0 Å². The van der Waals surface area contributed by atoms with Gasteiger partial charge < -0.3 is 10.2 Å². The molecule has 1 heterocycles. The average molecular weight is 394 g/mol. The van der Waals surface area contributed by atoms with Crippen molar-refractivity contribution < 1.29 is 4.79 Å². The molecular weight excluding hydrogens is 362 g/mol. The second kappa shape index (κ2) is 9.85. The zero-order chi connectivity index (χ0) is 19.3. The summed E-state index contributed by atoms with van der Waals surface area (Å²) in [5, 5.41) is 11.6. The lowest BCUT2D eigenvalue weighted by atomic mass is 9.87. The maximum Gasteiger partial charge on any atom is 0.276 e. The van der Waals surface area contributed by atoms with Crippen molar-refractivity contribution in [2.24, 2.45) is 0 Å². The zero-order valence-corrected chi connectivity index (χ0v) is 18.1. The quantitative estimate of drug-likeness (QED) is 0.784. The van der Waals surface area contributed by atoms with Gasteiger partial charge in [-0.15, -0.1) is 17.5 Å². The van der Waals surface area contributed by atoms with Crippen LogP contribution in [0.2, 0.25) is 0 Å². The first-order chi connectivity index (χ1) is 12.3. The van der Waals surface area contributed by atoms with Crippen molar-refractivity contribution in [3.05, 3.63) is 41.2 Å². The van der Waals surface area contributed by atoms with Crippen LogP contribution in [0.5, 0.6) is 0 Å². The number of benzene rings is 1. The highest BCUT2D eigenvalue weighted by Gasteiger charge is 2.23. The van der Waals surface area contributed by atoms with E-state index < -0.39 is 0 Å². The Morgan fingerprint density at radius 3 is 2.37 bits per heavy atom. The molecule has 1 aromatic carbocycles. The summed E-state index contributed by atoms with van der Waals surface area (Å²) in [5.41, 5.74) is 3.62. The first-order valence-electron chi connectivity index (χ1n) is 9.25. The molecule has 6 nitrogen and oxygen atoms in total. The molecular formula is C20H32ClN5O. The van der Waals surface area contributed by atoms with Crippen LogP contribution >= 0.6 is 12.4 Å². The third kappa shape index (κ3) is 5.53. The number of aromatic nitrogens is 3. The number of hydrogen-bond acceptors (Lipinski definition) is 4. The van der Waals surface area contributed by atoms with Crippen molar-refractivity contribution in [1.29, 1.82) is 0 Å². The summed E-state index contributed by atoms with van der Waals surface area (Å²) < 4.78 is 1.80. The van der Waals surface area contributed by atoms with E-state index in [2.05, 4.69) is 55.5 Å².